The van der Waals surface area contributed by atoms with Gasteiger partial charge in [0, 0.05) is 12.1 Å². The van der Waals surface area contributed by atoms with Crippen molar-refractivity contribution in [2.75, 3.05) is 45.8 Å². The van der Waals surface area contributed by atoms with Crippen molar-refractivity contribution in [3.8, 4) is 0 Å². The van der Waals surface area contributed by atoms with Crippen molar-refractivity contribution in [2.45, 2.75) is 105 Å². The predicted molar refractivity (Wildman–Crippen MR) is 129 cm³/mol. The summed E-state index contributed by atoms with van der Waals surface area (Å²) in [4.78, 5) is 7.87. The summed E-state index contributed by atoms with van der Waals surface area (Å²) >= 11 is 0. The van der Waals surface area contributed by atoms with E-state index in [4.69, 9.17) is 0 Å². The number of hydrogen-bond donors (Lipinski definition) is 0. The Bertz CT molecular complexity index is 419. The van der Waals surface area contributed by atoms with Crippen LogP contribution in [0, 0.1) is 17.3 Å². The van der Waals surface area contributed by atoms with Gasteiger partial charge in [0.15, 0.2) is 0 Å². The molecule has 29 heavy (non-hydrogen) atoms. The van der Waals surface area contributed by atoms with Crippen molar-refractivity contribution in [3.63, 3.8) is 0 Å². The molecular formula is C26H53N3. The van der Waals surface area contributed by atoms with Gasteiger partial charge in [-0.3, -0.25) is 0 Å². The molecule has 0 radical (unpaired) electrons. The van der Waals surface area contributed by atoms with Gasteiger partial charge in [0.1, 0.15) is 0 Å². The van der Waals surface area contributed by atoms with E-state index in [-0.39, 0.29) is 0 Å². The van der Waals surface area contributed by atoms with Crippen molar-refractivity contribution in [2.24, 2.45) is 17.3 Å². The highest BCUT2D eigenvalue weighted by Gasteiger charge is 2.37. The summed E-state index contributed by atoms with van der Waals surface area (Å²) in [5.41, 5.74) is 0.719. The first-order valence-corrected chi connectivity index (χ1v) is 12.9. The second-order valence-corrected chi connectivity index (χ2v) is 11.3. The zero-order chi connectivity index (χ0) is 21.4. The van der Waals surface area contributed by atoms with Crippen LogP contribution in [0.2, 0.25) is 0 Å². The maximum absolute atomic E-state index is 2.65. The summed E-state index contributed by atoms with van der Waals surface area (Å²) in [5.74, 6) is 1.89. The summed E-state index contributed by atoms with van der Waals surface area (Å²) in [7, 11) is 0. The van der Waals surface area contributed by atoms with Gasteiger partial charge >= 0.3 is 0 Å². The fourth-order valence-electron chi connectivity index (χ4n) is 5.73. The lowest BCUT2D eigenvalue weighted by atomic mass is 9.71. The molecule has 3 saturated heterocycles. The lowest BCUT2D eigenvalue weighted by molar-refractivity contribution is 0.0266. The minimum Gasteiger partial charge on any atom is -0.304 e. The maximum Gasteiger partial charge on any atom is 0.00385 e. The molecule has 0 bridgehead atoms. The van der Waals surface area contributed by atoms with Crippen molar-refractivity contribution < 1.29 is 0 Å². The summed E-state index contributed by atoms with van der Waals surface area (Å²) in [6.07, 6.45) is 10.1. The number of rotatable bonds is 5. The average molecular weight is 408 g/mol. The Kier molecular flexibility index (Phi) is 10.5. The first-order valence-electron chi connectivity index (χ1n) is 12.9. The maximum atomic E-state index is 2.65. The van der Waals surface area contributed by atoms with Gasteiger partial charge in [0.25, 0.3) is 0 Å². The molecule has 0 aromatic heterocycles. The molecule has 0 saturated carbocycles. The van der Waals surface area contributed by atoms with E-state index >= 15 is 0 Å². The fraction of sp³-hybridized carbons (Fsp3) is 1.00. The van der Waals surface area contributed by atoms with E-state index in [1.165, 1.54) is 90.8 Å². The van der Waals surface area contributed by atoms with Crippen LogP contribution in [0.3, 0.4) is 0 Å². The van der Waals surface area contributed by atoms with Crippen molar-refractivity contribution >= 4 is 0 Å². The summed E-state index contributed by atoms with van der Waals surface area (Å²) in [5, 5.41) is 0. The van der Waals surface area contributed by atoms with Gasteiger partial charge in [-0.15, -0.1) is 0 Å². The Morgan fingerprint density at radius 3 is 1.55 bits per heavy atom. The van der Waals surface area contributed by atoms with Crippen LogP contribution in [0.4, 0.5) is 0 Å². The fourth-order valence-corrected chi connectivity index (χ4v) is 5.73. The van der Waals surface area contributed by atoms with Crippen molar-refractivity contribution in [1.29, 1.82) is 0 Å². The summed E-state index contributed by atoms with van der Waals surface area (Å²) in [6, 6.07) is 1.49. The predicted octanol–water partition coefficient (Wildman–Crippen LogP) is 5.75. The van der Waals surface area contributed by atoms with Crippen LogP contribution in [0.1, 0.15) is 93.4 Å². The third-order valence-corrected chi connectivity index (χ3v) is 8.14. The quantitative estimate of drug-likeness (QED) is 0.575. The van der Waals surface area contributed by atoms with E-state index in [0.717, 1.165) is 29.3 Å². The molecule has 0 amide bonds. The van der Waals surface area contributed by atoms with E-state index in [0.29, 0.717) is 0 Å². The Morgan fingerprint density at radius 1 is 0.690 bits per heavy atom. The number of hydrogen-bond acceptors (Lipinski definition) is 3. The lowest BCUT2D eigenvalue weighted by Gasteiger charge is -2.47. The summed E-state index contributed by atoms with van der Waals surface area (Å²) < 4.78 is 0. The second-order valence-electron chi connectivity index (χ2n) is 11.3. The highest BCUT2D eigenvalue weighted by molar-refractivity contribution is 4.91. The standard InChI is InChI=1S/C14H28N2.C12H25N/c1-4-15-9-5-14(6-10-15)7-11-16(12-8-14)13(2)3;1-10(2)9-12-5-7-13(8-6-12)11(3)4/h13H,4-12H2,1-3H3;10-12H,5-9H2,1-4H3. The van der Waals surface area contributed by atoms with Gasteiger partial charge in [-0.05, 0) is 136 Å². The molecule has 1 spiro atoms. The number of nitrogens with zero attached hydrogens (tertiary/aromatic N) is 3. The second kappa shape index (κ2) is 12.1. The average Bonchev–Trinajstić information content (AvgIpc) is 2.69. The molecule has 3 aliphatic heterocycles. The Balaban J connectivity index is 0.000000212. The molecule has 0 aromatic rings. The van der Waals surface area contributed by atoms with Crippen molar-refractivity contribution in [1.82, 2.24) is 14.7 Å². The first kappa shape index (κ1) is 25.1. The smallest absolute Gasteiger partial charge is 0.00385 e. The topological polar surface area (TPSA) is 9.72 Å². The van der Waals surface area contributed by atoms with E-state index in [2.05, 4.69) is 63.2 Å². The molecule has 0 aliphatic carbocycles. The zero-order valence-corrected chi connectivity index (χ0v) is 21.1. The Hall–Kier alpha value is -0.120. The molecule has 3 rings (SSSR count). The van der Waals surface area contributed by atoms with E-state index < -0.39 is 0 Å². The Labute approximate surface area is 183 Å². The van der Waals surface area contributed by atoms with Crippen LogP contribution in [0.5, 0.6) is 0 Å². The summed E-state index contributed by atoms with van der Waals surface area (Å²) in [6.45, 7) is 25.5. The van der Waals surface area contributed by atoms with Crippen molar-refractivity contribution in [3.05, 3.63) is 0 Å². The van der Waals surface area contributed by atoms with Crippen LogP contribution >= 0.6 is 0 Å². The van der Waals surface area contributed by atoms with Gasteiger partial charge in [0.05, 0.1) is 0 Å². The van der Waals surface area contributed by atoms with Crippen LogP contribution in [0.25, 0.3) is 0 Å². The first-order chi connectivity index (χ1) is 13.7. The molecule has 3 aliphatic rings. The lowest BCUT2D eigenvalue weighted by Crippen LogP contribution is -2.48. The minimum absolute atomic E-state index is 0.719. The number of piperidine rings is 3. The molecule has 3 heterocycles. The molecule has 3 nitrogen and oxygen atoms in total. The normalized spacial score (nSPS) is 25.0. The van der Waals surface area contributed by atoms with E-state index in [1.54, 1.807) is 0 Å². The molecule has 0 unspecified atom stereocenters. The minimum atomic E-state index is 0.719. The molecular weight excluding hydrogens is 354 g/mol. The molecule has 3 fully saturated rings. The van der Waals surface area contributed by atoms with Crippen LogP contribution in [-0.2, 0) is 0 Å². The molecule has 3 heteroatoms. The molecule has 0 atom stereocenters. The monoisotopic (exact) mass is 407 g/mol. The SMILES string of the molecule is CC(C)CC1CCN(C(C)C)CC1.CCN1CCC2(CC1)CCN(C(C)C)CC2. The third-order valence-electron chi connectivity index (χ3n) is 8.14. The highest BCUT2D eigenvalue weighted by atomic mass is 15.2. The van der Waals surface area contributed by atoms with Gasteiger partial charge in [-0.25, -0.2) is 0 Å². The van der Waals surface area contributed by atoms with Gasteiger partial charge < -0.3 is 14.7 Å². The van der Waals surface area contributed by atoms with Gasteiger partial charge in [0.2, 0.25) is 0 Å². The Morgan fingerprint density at radius 2 is 1.14 bits per heavy atom. The van der Waals surface area contributed by atoms with E-state index in [9.17, 15) is 0 Å². The molecule has 0 N–H and O–H groups in total. The van der Waals surface area contributed by atoms with Crippen LogP contribution in [0.15, 0.2) is 0 Å². The third kappa shape index (κ3) is 8.15. The van der Waals surface area contributed by atoms with Gasteiger partial charge in [-0.2, -0.15) is 0 Å². The largest absolute Gasteiger partial charge is 0.304 e. The van der Waals surface area contributed by atoms with Crippen LogP contribution < -0.4 is 0 Å². The van der Waals surface area contributed by atoms with E-state index in [1.807, 2.05) is 0 Å². The highest BCUT2D eigenvalue weighted by Crippen LogP contribution is 2.41. The zero-order valence-electron chi connectivity index (χ0n) is 21.1. The molecule has 172 valence electrons. The van der Waals surface area contributed by atoms with Crippen LogP contribution in [-0.4, -0.2) is 72.6 Å². The molecule has 0 aromatic carbocycles. The number of likely N-dealkylation sites (tertiary alicyclic amines) is 3. The van der Waals surface area contributed by atoms with Gasteiger partial charge in [-0.1, -0.05) is 20.8 Å².